The quantitative estimate of drug-likeness (QED) is 0.803. The first kappa shape index (κ1) is 15.8. The number of morpholine rings is 1. The van der Waals surface area contributed by atoms with Crippen LogP contribution in [0.25, 0.3) is 0 Å². The second-order valence-corrected chi connectivity index (χ2v) is 5.48. The van der Waals surface area contributed by atoms with Gasteiger partial charge in [0.15, 0.2) is 0 Å². The Morgan fingerprint density at radius 3 is 3.10 bits per heavy atom. The van der Waals surface area contributed by atoms with Crippen molar-refractivity contribution >= 4 is 11.6 Å². The number of benzene rings is 1. The Morgan fingerprint density at radius 1 is 1.52 bits per heavy atom. The third-order valence-electron chi connectivity index (χ3n) is 3.95. The minimum Gasteiger partial charge on any atom is -0.399 e. The van der Waals surface area contributed by atoms with Crippen molar-refractivity contribution in [1.29, 1.82) is 0 Å². The first-order valence-corrected chi connectivity index (χ1v) is 7.57. The molecule has 1 fully saturated rings. The van der Waals surface area contributed by atoms with E-state index in [2.05, 4.69) is 16.3 Å². The summed E-state index contributed by atoms with van der Waals surface area (Å²) in [6.45, 7) is 7.39. The van der Waals surface area contributed by atoms with Gasteiger partial charge in [0.05, 0.1) is 13.2 Å². The van der Waals surface area contributed by atoms with Gasteiger partial charge in [-0.3, -0.25) is 9.69 Å². The van der Waals surface area contributed by atoms with Crippen LogP contribution in [0.15, 0.2) is 18.2 Å². The van der Waals surface area contributed by atoms with Gasteiger partial charge in [-0.25, -0.2) is 0 Å². The summed E-state index contributed by atoms with van der Waals surface area (Å²) in [7, 11) is 0. The van der Waals surface area contributed by atoms with Crippen LogP contribution in [-0.2, 0) is 16.1 Å². The monoisotopic (exact) mass is 291 g/mol. The zero-order valence-electron chi connectivity index (χ0n) is 12.9. The van der Waals surface area contributed by atoms with Gasteiger partial charge in [-0.15, -0.1) is 0 Å². The number of nitrogens with two attached hydrogens (primary N) is 1. The van der Waals surface area contributed by atoms with E-state index < -0.39 is 0 Å². The van der Waals surface area contributed by atoms with Crippen LogP contribution in [0.2, 0.25) is 0 Å². The summed E-state index contributed by atoms with van der Waals surface area (Å²) < 4.78 is 5.48. The summed E-state index contributed by atoms with van der Waals surface area (Å²) in [4.78, 5) is 14.4. The van der Waals surface area contributed by atoms with Gasteiger partial charge in [-0.2, -0.15) is 0 Å². The van der Waals surface area contributed by atoms with Crippen molar-refractivity contribution in [2.24, 2.45) is 0 Å². The van der Waals surface area contributed by atoms with E-state index in [9.17, 15) is 4.79 Å². The van der Waals surface area contributed by atoms with Crippen LogP contribution in [0.3, 0.4) is 0 Å². The van der Waals surface area contributed by atoms with Gasteiger partial charge < -0.3 is 15.8 Å². The van der Waals surface area contributed by atoms with E-state index in [1.165, 1.54) is 5.56 Å². The van der Waals surface area contributed by atoms with E-state index >= 15 is 0 Å². The molecule has 0 spiro atoms. The van der Waals surface area contributed by atoms with E-state index in [0.717, 1.165) is 30.8 Å². The summed E-state index contributed by atoms with van der Waals surface area (Å²) in [6, 6.07) is 5.72. The predicted molar refractivity (Wildman–Crippen MR) is 83.9 cm³/mol. The SMILES string of the molecule is CCCNC(=O)C1COCCN1Cc1cccc(N)c1C. The number of anilines is 1. The van der Waals surface area contributed by atoms with Crippen LogP contribution >= 0.6 is 0 Å². The van der Waals surface area contributed by atoms with Crippen LogP contribution in [-0.4, -0.2) is 43.2 Å². The zero-order valence-corrected chi connectivity index (χ0v) is 12.9. The minimum absolute atomic E-state index is 0.0538. The predicted octanol–water partition coefficient (Wildman–Crippen LogP) is 1.30. The van der Waals surface area contributed by atoms with E-state index in [1.807, 2.05) is 26.0 Å². The summed E-state index contributed by atoms with van der Waals surface area (Å²) in [5.41, 5.74) is 9.03. The second kappa shape index (κ2) is 7.43. The van der Waals surface area contributed by atoms with E-state index in [-0.39, 0.29) is 11.9 Å². The molecule has 21 heavy (non-hydrogen) atoms. The molecule has 0 saturated carbocycles. The van der Waals surface area contributed by atoms with Gasteiger partial charge in [0, 0.05) is 25.3 Å². The molecule has 1 aromatic carbocycles. The third-order valence-corrected chi connectivity index (χ3v) is 3.95. The summed E-state index contributed by atoms with van der Waals surface area (Å²) >= 11 is 0. The van der Waals surface area contributed by atoms with E-state index in [1.54, 1.807) is 0 Å². The lowest BCUT2D eigenvalue weighted by Gasteiger charge is -2.35. The highest BCUT2D eigenvalue weighted by Gasteiger charge is 2.29. The standard InChI is InChI=1S/C16H25N3O2/c1-3-7-18-16(20)15-11-21-9-8-19(15)10-13-5-4-6-14(17)12(13)2/h4-6,15H,3,7-11,17H2,1-2H3,(H,18,20). The maximum atomic E-state index is 12.3. The molecular weight excluding hydrogens is 266 g/mol. The first-order chi connectivity index (χ1) is 10.1. The van der Waals surface area contributed by atoms with Gasteiger partial charge in [0.2, 0.25) is 5.91 Å². The smallest absolute Gasteiger partial charge is 0.239 e. The number of nitrogens with one attached hydrogen (secondary N) is 1. The van der Waals surface area contributed by atoms with Crippen LogP contribution in [0, 0.1) is 6.92 Å². The van der Waals surface area contributed by atoms with Gasteiger partial charge >= 0.3 is 0 Å². The fraction of sp³-hybridized carbons (Fsp3) is 0.562. The lowest BCUT2D eigenvalue weighted by molar-refractivity contribution is -0.132. The number of nitrogen functional groups attached to an aromatic ring is 1. The normalized spacial score (nSPS) is 19.4. The van der Waals surface area contributed by atoms with Crippen LogP contribution < -0.4 is 11.1 Å². The molecule has 1 amide bonds. The van der Waals surface area contributed by atoms with Crippen molar-refractivity contribution in [3.63, 3.8) is 0 Å². The number of ether oxygens (including phenoxy) is 1. The number of hydrogen-bond donors (Lipinski definition) is 2. The van der Waals surface area contributed by atoms with Gasteiger partial charge in [-0.1, -0.05) is 19.1 Å². The van der Waals surface area contributed by atoms with Crippen molar-refractivity contribution in [3.8, 4) is 0 Å². The lowest BCUT2D eigenvalue weighted by Crippen LogP contribution is -2.53. The molecule has 1 aromatic rings. The molecule has 0 aliphatic carbocycles. The Hall–Kier alpha value is -1.59. The van der Waals surface area contributed by atoms with E-state index in [0.29, 0.717) is 19.8 Å². The van der Waals surface area contributed by atoms with Crippen LogP contribution in [0.4, 0.5) is 5.69 Å². The number of hydrogen-bond acceptors (Lipinski definition) is 4. The zero-order chi connectivity index (χ0) is 15.2. The molecule has 5 nitrogen and oxygen atoms in total. The average Bonchev–Trinajstić information content (AvgIpc) is 2.50. The minimum atomic E-state index is -0.217. The molecule has 116 valence electrons. The Morgan fingerprint density at radius 2 is 2.33 bits per heavy atom. The van der Waals surface area contributed by atoms with Crippen molar-refractivity contribution < 1.29 is 9.53 Å². The van der Waals surface area contributed by atoms with Crippen LogP contribution in [0.1, 0.15) is 24.5 Å². The summed E-state index contributed by atoms with van der Waals surface area (Å²) in [5, 5.41) is 2.96. The molecular formula is C16H25N3O2. The molecule has 1 aliphatic rings. The summed E-state index contributed by atoms with van der Waals surface area (Å²) in [5.74, 6) is 0.0538. The van der Waals surface area contributed by atoms with E-state index in [4.69, 9.17) is 10.5 Å². The van der Waals surface area contributed by atoms with Crippen molar-refractivity contribution in [3.05, 3.63) is 29.3 Å². The maximum Gasteiger partial charge on any atom is 0.239 e. The second-order valence-electron chi connectivity index (χ2n) is 5.48. The molecule has 3 N–H and O–H groups in total. The lowest BCUT2D eigenvalue weighted by atomic mass is 10.0. The van der Waals surface area contributed by atoms with Crippen molar-refractivity contribution in [2.75, 3.05) is 32.0 Å². The highest BCUT2D eigenvalue weighted by atomic mass is 16.5. The van der Waals surface area contributed by atoms with Crippen LogP contribution in [0.5, 0.6) is 0 Å². The molecule has 1 aliphatic heterocycles. The topological polar surface area (TPSA) is 67.6 Å². The number of amides is 1. The average molecular weight is 291 g/mol. The van der Waals surface area contributed by atoms with Gasteiger partial charge in [0.25, 0.3) is 0 Å². The summed E-state index contributed by atoms with van der Waals surface area (Å²) in [6.07, 6.45) is 0.938. The van der Waals surface area contributed by atoms with Crippen molar-refractivity contribution in [1.82, 2.24) is 10.2 Å². The molecule has 0 aromatic heterocycles. The Balaban J connectivity index is 2.08. The number of nitrogens with zero attached hydrogens (tertiary/aromatic N) is 1. The Labute approximate surface area is 126 Å². The third kappa shape index (κ3) is 3.95. The molecule has 0 radical (unpaired) electrons. The number of carbonyl (C=O) groups excluding carboxylic acids is 1. The van der Waals surface area contributed by atoms with Gasteiger partial charge in [-0.05, 0) is 30.5 Å². The molecule has 1 heterocycles. The fourth-order valence-corrected chi connectivity index (χ4v) is 2.53. The highest BCUT2D eigenvalue weighted by Crippen LogP contribution is 2.19. The van der Waals surface area contributed by atoms with Gasteiger partial charge in [0.1, 0.15) is 6.04 Å². The molecule has 5 heteroatoms. The van der Waals surface area contributed by atoms with Crippen molar-refractivity contribution in [2.45, 2.75) is 32.9 Å². The largest absolute Gasteiger partial charge is 0.399 e. The fourth-order valence-electron chi connectivity index (χ4n) is 2.53. The molecule has 2 rings (SSSR count). The molecule has 0 bridgehead atoms. The molecule has 1 atom stereocenters. The Kier molecular flexibility index (Phi) is 5.59. The first-order valence-electron chi connectivity index (χ1n) is 7.57. The maximum absolute atomic E-state index is 12.3. The Bertz CT molecular complexity index is 490. The number of carbonyl (C=O) groups is 1. The molecule has 1 unspecified atom stereocenters. The number of rotatable bonds is 5. The molecule has 1 saturated heterocycles. The highest BCUT2D eigenvalue weighted by molar-refractivity contribution is 5.82.